The van der Waals surface area contributed by atoms with Crippen LogP contribution in [0.5, 0.6) is 5.75 Å². The predicted molar refractivity (Wildman–Crippen MR) is 88.3 cm³/mol. The molecule has 4 heteroatoms. The number of ether oxygens (including phenoxy) is 2. The average Bonchev–Trinajstić information content (AvgIpc) is 2.57. The quantitative estimate of drug-likeness (QED) is 0.446. The number of hydrogen-bond acceptors (Lipinski definition) is 4. The Morgan fingerprint density at radius 1 is 1.17 bits per heavy atom. The molecule has 1 aromatic carbocycles. The zero-order chi connectivity index (χ0) is 16.7. The molecule has 1 saturated carbocycles. The zero-order valence-corrected chi connectivity index (χ0v) is 13.6. The van der Waals surface area contributed by atoms with Crippen LogP contribution in [0.25, 0.3) is 0 Å². The van der Waals surface area contributed by atoms with Gasteiger partial charge in [-0.15, -0.1) is 0 Å². The summed E-state index contributed by atoms with van der Waals surface area (Å²) in [7, 11) is 0. The number of hydrogen-bond donors (Lipinski definition) is 0. The van der Waals surface area contributed by atoms with Gasteiger partial charge in [-0.2, -0.15) is 0 Å². The first kappa shape index (κ1) is 17.3. The second-order valence-corrected chi connectivity index (χ2v) is 5.99. The van der Waals surface area contributed by atoms with Crippen LogP contribution in [0, 0.1) is 5.92 Å². The van der Waals surface area contributed by atoms with Crippen LogP contribution in [-0.2, 0) is 9.53 Å². The largest absolute Gasteiger partial charge is 0.459 e. The van der Waals surface area contributed by atoms with Gasteiger partial charge in [0.1, 0.15) is 11.9 Å². The van der Waals surface area contributed by atoms with E-state index in [4.69, 9.17) is 9.47 Å². The smallest absolute Gasteiger partial charge is 0.338 e. The van der Waals surface area contributed by atoms with Crippen molar-refractivity contribution < 1.29 is 19.1 Å². The lowest BCUT2D eigenvalue weighted by Gasteiger charge is -2.28. The second-order valence-electron chi connectivity index (χ2n) is 5.99. The van der Waals surface area contributed by atoms with E-state index in [1.54, 1.807) is 24.3 Å². The summed E-state index contributed by atoms with van der Waals surface area (Å²) in [6, 6.07) is 6.37. The Balaban J connectivity index is 1.84. The average molecular weight is 316 g/mol. The summed E-state index contributed by atoms with van der Waals surface area (Å²) in [6.07, 6.45) is 7.79. The highest BCUT2D eigenvalue weighted by Crippen LogP contribution is 2.29. The summed E-state index contributed by atoms with van der Waals surface area (Å²) in [5.74, 6) is 0.329. The maximum atomic E-state index is 12.2. The van der Waals surface area contributed by atoms with E-state index in [1.165, 1.54) is 12.8 Å². The topological polar surface area (TPSA) is 52.6 Å². The van der Waals surface area contributed by atoms with Gasteiger partial charge in [-0.05, 0) is 55.9 Å². The molecule has 1 fully saturated rings. The third kappa shape index (κ3) is 5.23. The summed E-state index contributed by atoms with van der Waals surface area (Å²) in [5.41, 5.74) is 0.471. The molecule has 0 N–H and O–H groups in total. The maximum absolute atomic E-state index is 12.2. The fourth-order valence-electron chi connectivity index (χ4n) is 2.98. The van der Waals surface area contributed by atoms with E-state index in [-0.39, 0.29) is 12.1 Å². The molecule has 0 aliphatic heterocycles. The molecule has 2 rings (SSSR count). The lowest BCUT2D eigenvalue weighted by atomic mass is 9.85. The molecule has 23 heavy (non-hydrogen) atoms. The number of carbonyl (C=O) groups is 2. The van der Waals surface area contributed by atoms with Gasteiger partial charge in [0.25, 0.3) is 0 Å². The number of benzene rings is 1. The molecule has 1 aromatic rings. The highest BCUT2D eigenvalue weighted by molar-refractivity contribution is 5.90. The second kappa shape index (κ2) is 8.51. The van der Waals surface area contributed by atoms with Crippen LogP contribution >= 0.6 is 0 Å². The summed E-state index contributed by atoms with van der Waals surface area (Å²) < 4.78 is 10.6. The Labute approximate surface area is 137 Å². The van der Waals surface area contributed by atoms with E-state index >= 15 is 0 Å². The summed E-state index contributed by atoms with van der Waals surface area (Å²) >= 11 is 0. The molecule has 4 nitrogen and oxygen atoms in total. The molecular weight excluding hydrogens is 292 g/mol. The van der Waals surface area contributed by atoms with E-state index < -0.39 is 5.97 Å². The molecule has 124 valence electrons. The molecular formula is C19H24O4. The molecule has 1 aliphatic carbocycles. The first-order valence-corrected chi connectivity index (χ1v) is 8.27. The van der Waals surface area contributed by atoms with Crippen LogP contribution in [-0.4, -0.2) is 18.0 Å². The molecule has 0 saturated heterocycles. The van der Waals surface area contributed by atoms with E-state index in [0.29, 0.717) is 11.3 Å². The Bertz CT molecular complexity index is 539. The maximum Gasteiger partial charge on any atom is 0.338 e. The van der Waals surface area contributed by atoms with Crippen molar-refractivity contribution in [3.05, 3.63) is 42.5 Å². The zero-order valence-electron chi connectivity index (χ0n) is 13.6. The molecule has 0 atom stereocenters. The van der Waals surface area contributed by atoms with Crippen LogP contribution in [0.15, 0.2) is 36.9 Å². The first-order valence-electron chi connectivity index (χ1n) is 8.27. The lowest BCUT2D eigenvalue weighted by molar-refractivity contribution is -0.128. The van der Waals surface area contributed by atoms with Gasteiger partial charge in [0.15, 0.2) is 0 Å². The van der Waals surface area contributed by atoms with Crippen molar-refractivity contribution in [2.24, 2.45) is 5.92 Å². The van der Waals surface area contributed by atoms with Crippen molar-refractivity contribution in [1.29, 1.82) is 0 Å². The van der Waals surface area contributed by atoms with Crippen LogP contribution < -0.4 is 4.74 Å². The first-order chi connectivity index (χ1) is 11.1. The van der Waals surface area contributed by atoms with Gasteiger partial charge >= 0.3 is 11.9 Å². The van der Waals surface area contributed by atoms with E-state index in [9.17, 15) is 9.59 Å². The van der Waals surface area contributed by atoms with Crippen molar-refractivity contribution in [2.45, 2.75) is 51.6 Å². The minimum atomic E-state index is -0.524. The fraction of sp³-hybridized carbons (Fsp3) is 0.474. The van der Waals surface area contributed by atoms with Crippen molar-refractivity contribution in [1.82, 2.24) is 0 Å². The van der Waals surface area contributed by atoms with Crippen LogP contribution in [0.1, 0.15) is 55.8 Å². The van der Waals surface area contributed by atoms with Gasteiger partial charge in [0.2, 0.25) is 0 Å². The van der Waals surface area contributed by atoms with Gasteiger partial charge < -0.3 is 9.47 Å². The molecule has 0 aromatic heterocycles. The van der Waals surface area contributed by atoms with Gasteiger partial charge in [0, 0.05) is 6.08 Å². The highest BCUT2D eigenvalue weighted by Gasteiger charge is 2.23. The number of carbonyl (C=O) groups excluding carboxylic acids is 2. The summed E-state index contributed by atoms with van der Waals surface area (Å²) in [5, 5.41) is 0. The van der Waals surface area contributed by atoms with E-state index in [2.05, 4.69) is 13.5 Å². The number of rotatable bonds is 6. The molecule has 0 spiro atoms. The predicted octanol–water partition coefficient (Wildman–Crippen LogP) is 4.29. The van der Waals surface area contributed by atoms with Crippen LogP contribution in [0.4, 0.5) is 0 Å². The Morgan fingerprint density at radius 2 is 1.83 bits per heavy atom. The third-order valence-electron chi connectivity index (χ3n) is 4.24. The number of esters is 2. The Kier molecular flexibility index (Phi) is 6.39. The van der Waals surface area contributed by atoms with Crippen molar-refractivity contribution in [3.63, 3.8) is 0 Å². The van der Waals surface area contributed by atoms with E-state index in [0.717, 1.165) is 37.7 Å². The highest BCUT2D eigenvalue weighted by atomic mass is 16.5. The van der Waals surface area contributed by atoms with Gasteiger partial charge in [-0.1, -0.05) is 26.3 Å². The Hall–Kier alpha value is -2.10. The SMILES string of the molecule is C=CC(=O)Oc1ccc(C(=O)OC2CCC(CCC)CC2)cc1. The van der Waals surface area contributed by atoms with Crippen molar-refractivity contribution in [2.75, 3.05) is 0 Å². The minimum Gasteiger partial charge on any atom is -0.459 e. The molecule has 0 unspecified atom stereocenters. The Morgan fingerprint density at radius 3 is 2.39 bits per heavy atom. The minimum absolute atomic E-state index is 0.0221. The van der Waals surface area contributed by atoms with Gasteiger partial charge in [0.05, 0.1) is 5.56 Å². The third-order valence-corrected chi connectivity index (χ3v) is 4.24. The summed E-state index contributed by atoms with van der Waals surface area (Å²) in [6.45, 7) is 5.55. The van der Waals surface area contributed by atoms with Crippen LogP contribution in [0.2, 0.25) is 0 Å². The van der Waals surface area contributed by atoms with Crippen LogP contribution in [0.3, 0.4) is 0 Å². The lowest BCUT2D eigenvalue weighted by Crippen LogP contribution is -2.24. The fourth-order valence-corrected chi connectivity index (χ4v) is 2.98. The van der Waals surface area contributed by atoms with Gasteiger partial charge in [-0.3, -0.25) is 0 Å². The molecule has 0 radical (unpaired) electrons. The summed E-state index contributed by atoms with van der Waals surface area (Å²) in [4.78, 5) is 23.3. The monoisotopic (exact) mass is 316 g/mol. The van der Waals surface area contributed by atoms with Gasteiger partial charge in [-0.25, -0.2) is 9.59 Å². The van der Waals surface area contributed by atoms with E-state index in [1.807, 2.05) is 0 Å². The molecule has 0 bridgehead atoms. The normalized spacial score (nSPS) is 20.6. The molecule has 0 amide bonds. The molecule has 0 heterocycles. The molecule has 1 aliphatic rings. The van der Waals surface area contributed by atoms with Crippen molar-refractivity contribution >= 4 is 11.9 Å². The standard InChI is InChI=1S/C19H24O4/c1-3-5-14-6-10-17(11-7-14)23-19(21)15-8-12-16(13-9-15)22-18(20)4-2/h4,8-9,12-14,17H,2-3,5-7,10-11H2,1H3. The van der Waals surface area contributed by atoms with Crippen molar-refractivity contribution in [3.8, 4) is 5.75 Å².